The first-order valence-electron chi connectivity index (χ1n) is 5.44. The molecule has 4 heteroatoms. The number of hydrogen-bond donors (Lipinski definition) is 1. The third-order valence-corrected chi connectivity index (χ3v) is 4.33. The molecule has 0 fully saturated rings. The van der Waals surface area contributed by atoms with E-state index in [4.69, 9.17) is 17.3 Å². The summed E-state index contributed by atoms with van der Waals surface area (Å²) in [5.41, 5.74) is 6.30. The van der Waals surface area contributed by atoms with E-state index in [1.807, 2.05) is 0 Å². The number of rotatable bonds is 5. The number of hydrogen-bond acceptors (Lipinski definition) is 2. The zero-order chi connectivity index (χ0) is 12.1. The monoisotopic (exact) mass is 259 g/mol. The number of halogens is 1. The highest BCUT2D eigenvalue weighted by molar-refractivity contribution is 7.85. The van der Waals surface area contributed by atoms with Crippen molar-refractivity contribution in [2.75, 3.05) is 11.5 Å². The van der Waals surface area contributed by atoms with Gasteiger partial charge in [-0.05, 0) is 24.5 Å². The number of anilines is 1. The highest BCUT2D eigenvalue weighted by atomic mass is 35.5. The number of nitrogens with two attached hydrogens (primary N) is 1. The second-order valence-electron chi connectivity index (χ2n) is 4.24. The minimum atomic E-state index is -1.08. The minimum Gasteiger partial charge on any atom is -0.398 e. The molecular formula is C12H18ClNOS. The van der Waals surface area contributed by atoms with Crippen molar-refractivity contribution >= 4 is 28.1 Å². The molecular weight excluding hydrogens is 242 g/mol. The van der Waals surface area contributed by atoms with Gasteiger partial charge in [-0.1, -0.05) is 37.9 Å². The average Bonchev–Trinajstić information content (AvgIpc) is 2.16. The number of nitrogen functional groups attached to an aromatic ring is 1. The van der Waals surface area contributed by atoms with E-state index in [1.165, 1.54) is 0 Å². The van der Waals surface area contributed by atoms with Crippen molar-refractivity contribution in [2.24, 2.45) is 5.92 Å². The first-order valence-corrected chi connectivity index (χ1v) is 7.14. The summed E-state index contributed by atoms with van der Waals surface area (Å²) in [7, 11) is -1.08. The molecule has 0 aliphatic rings. The van der Waals surface area contributed by atoms with Gasteiger partial charge in [-0.2, -0.15) is 0 Å². The van der Waals surface area contributed by atoms with Crippen LogP contribution in [0.3, 0.4) is 0 Å². The lowest BCUT2D eigenvalue weighted by Crippen LogP contribution is -2.04. The van der Waals surface area contributed by atoms with E-state index in [0.717, 1.165) is 12.8 Å². The SMILES string of the molecule is CC(C)CCCS(=O)c1c(N)cccc1Cl. The van der Waals surface area contributed by atoms with Gasteiger partial charge in [0.15, 0.2) is 0 Å². The molecule has 0 saturated heterocycles. The fourth-order valence-electron chi connectivity index (χ4n) is 1.49. The molecule has 0 amide bonds. The van der Waals surface area contributed by atoms with Crippen molar-refractivity contribution in [2.45, 2.75) is 31.6 Å². The van der Waals surface area contributed by atoms with Crippen LogP contribution >= 0.6 is 11.6 Å². The lowest BCUT2D eigenvalue weighted by molar-refractivity contribution is 0.575. The Morgan fingerprint density at radius 1 is 1.44 bits per heavy atom. The largest absolute Gasteiger partial charge is 0.398 e. The molecule has 2 nitrogen and oxygen atoms in total. The summed E-state index contributed by atoms with van der Waals surface area (Å²) in [6.07, 6.45) is 2.02. The molecule has 0 radical (unpaired) electrons. The molecule has 16 heavy (non-hydrogen) atoms. The molecule has 0 heterocycles. The van der Waals surface area contributed by atoms with E-state index in [-0.39, 0.29) is 0 Å². The molecule has 0 bridgehead atoms. The molecule has 1 atom stereocenters. The summed E-state index contributed by atoms with van der Waals surface area (Å²) in [6.45, 7) is 4.32. The second-order valence-corrected chi connectivity index (χ2v) is 6.16. The Bertz CT molecular complexity index is 359. The summed E-state index contributed by atoms with van der Waals surface area (Å²) in [4.78, 5) is 0.591. The van der Waals surface area contributed by atoms with E-state index in [9.17, 15) is 4.21 Å². The van der Waals surface area contributed by atoms with Gasteiger partial charge in [-0.25, -0.2) is 0 Å². The topological polar surface area (TPSA) is 43.1 Å². The summed E-state index contributed by atoms with van der Waals surface area (Å²) >= 11 is 5.99. The zero-order valence-electron chi connectivity index (χ0n) is 9.70. The molecule has 2 N–H and O–H groups in total. The summed E-state index contributed by atoms with van der Waals surface area (Å²) in [5, 5.41) is 0.503. The maximum Gasteiger partial charge on any atom is 0.0803 e. The fourth-order valence-corrected chi connectivity index (χ4v) is 3.18. The normalized spacial score (nSPS) is 13.0. The van der Waals surface area contributed by atoms with Gasteiger partial charge in [0.25, 0.3) is 0 Å². The van der Waals surface area contributed by atoms with Crippen LogP contribution in [0.25, 0.3) is 0 Å². The number of benzene rings is 1. The maximum absolute atomic E-state index is 12.0. The molecule has 0 aliphatic carbocycles. The average molecular weight is 260 g/mol. The first kappa shape index (κ1) is 13.5. The van der Waals surface area contributed by atoms with Gasteiger partial charge in [-0.3, -0.25) is 4.21 Å². The quantitative estimate of drug-likeness (QED) is 0.823. The van der Waals surface area contributed by atoms with Crippen molar-refractivity contribution in [3.63, 3.8) is 0 Å². The first-order chi connectivity index (χ1) is 7.52. The van der Waals surface area contributed by atoms with Crippen LogP contribution in [0.4, 0.5) is 5.69 Å². The lowest BCUT2D eigenvalue weighted by Gasteiger charge is -2.08. The Morgan fingerprint density at radius 3 is 2.69 bits per heavy atom. The maximum atomic E-state index is 12.0. The molecule has 0 aliphatic heterocycles. The third-order valence-electron chi connectivity index (χ3n) is 2.34. The van der Waals surface area contributed by atoms with Gasteiger partial charge in [0.1, 0.15) is 0 Å². The minimum absolute atomic E-state index is 0.503. The fraction of sp³-hybridized carbons (Fsp3) is 0.500. The molecule has 0 spiro atoms. The van der Waals surface area contributed by atoms with Crippen LogP contribution in [-0.4, -0.2) is 9.96 Å². The Hall–Kier alpha value is -0.540. The van der Waals surface area contributed by atoms with Gasteiger partial charge in [0, 0.05) is 11.4 Å². The molecule has 0 aromatic heterocycles. The molecule has 1 aromatic rings. The summed E-state index contributed by atoms with van der Waals surface area (Å²) in [5.74, 6) is 1.27. The highest BCUT2D eigenvalue weighted by Gasteiger charge is 2.12. The van der Waals surface area contributed by atoms with E-state index in [1.54, 1.807) is 18.2 Å². The van der Waals surface area contributed by atoms with Crippen molar-refractivity contribution in [1.82, 2.24) is 0 Å². The van der Waals surface area contributed by atoms with Crippen molar-refractivity contribution in [3.05, 3.63) is 23.2 Å². The Balaban J connectivity index is 2.66. The zero-order valence-corrected chi connectivity index (χ0v) is 11.3. The summed E-state index contributed by atoms with van der Waals surface area (Å²) < 4.78 is 12.0. The van der Waals surface area contributed by atoms with Crippen LogP contribution in [0.2, 0.25) is 5.02 Å². The molecule has 90 valence electrons. The molecule has 1 unspecified atom stereocenters. The van der Waals surface area contributed by atoms with Crippen molar-refractivity contribution < 1.29 is 4.21 Å². The Labute approximate surface area is 105 Å². The van der Waals surface area contributed by atoms with E-state index < -0.39 is 10.8 Å². The lowest BCUT2D eigenvalue weighted by atomic mass is 10.1. The van der Waals surface area contributed by atoms with Crippen LogP contribution < -0.4 is 5.73 Å². The smallest absolute Gasteiger partial charge is 0.0803 e. The van der Waals surface area contributed by atoms with Crippen molar-refractivity contribution in [3.8, 4) is 0 Å². The Morgan fingerprint density at radius 2 is 2.12 bits per heavy atom. The van der Waals surface area contributed by atoms with Crippen LogP contribution in [0.15, 0.2) is 23.1 Å². The van der Waals surface area contributed by atoms with Gasteiger partial charge in [0.2, 0.25) is 0 Å². The van der Waals surface area contributed by atoms with E-state index in [2.05, 4.69) is 13.8 Å². The molecule has 1 rings (SSSR count). The summed E-state index contributed by atoms with van der Waals surface area (Å²) in [6, 6.07) is 5.24. The van der Waals surface area contributed by atoms with Gasteiger partial charge >= 0.3 is 0 Å². The predicted octanol–water partition coefficient (Wildman–Crippen LogP) is 3.47. The molecule has 0 saturated carbocycles. The van der Waals surface area contributed by atoms with E-state index >= 15 is 0 Å². The van der Waals surface area contributed by atoms with Crippen molar-refractivity contribution in [1.29, 1.82) is 0 Å². The van der Waals surface area contributed by atoms with Crippen LogP contribution in [-0.2, 0) is 10.8 Å². The van der Waals surface area contributed by atoms with E-state index in [0.29, 0.717) is 27.3 Å². The van der Waals surface area contributed by atoms with Gasteiger partial charge in [0.05, 0.1) is 20.7 Å². The highest BCUT2D eigenvalue weighted by Crippen LogP contribution is 2.26. The molecule has 1 aromatic carbocycles. The van der Waals surface area contributed by atoms with Crippen LogP contribution in [0.1, 0.15) is 26.7 Å². The van der Waals surface area contributed by atoms with Crippen LogP contribution in [0, 0.1) is 5.92 Å². The second kappa shape index (κ2) is 6.26. The van der Waals surface area contributed by atoms with Gasteiger partial charge in [-0.15, -0.1) is 0 Å². The predicted molar refractivity (Wildman–Crippen MR) is 71.2 cm³/mol. The standard InChI is InChI=1S/C12H18ClNOS/c1-9(2)5-4-8-16(15)12-10(13)6-3-7-11(12)14/h3,6-7,9H,4-5,8,14H2,1-2H3. The third kappa shape index (κ3) is 3.80. The van der Waals surface area contributed by atoms with Gasteiger partial charge < -0.3 is 5.73 Å². The van der Waals surface area contributed by atoms with Crippen LogP contribution in [0.5, 0.6) is 0 Å². The Kier molecular flexibility index (Phi) is 5.29.